The molecule has 24 heavy (non-hydrogen) atoms. The van der Waals surface area contributed by atoms with Gasteiger partial charge in [-0.05, 0) is 49.7 Å². The summed E-state index contributed by atoms with van der Waals surface area (Å²) >= 11 is 7.69. The summed E-state index contributed by atoms with van der Waals surface area (Å²) in [5, 5.41) is 9.67. The highest BCUT2D eigenvalue weighted by atomic mass is 35.5. The van der Waals surface area contributed by atoms with Gasteiger partial charge in [-0.15, -0.1) is 11.3 Å². The number of nitrogens with zero attached hydrogens (tertiary/aromatic N) is 2. The molecule has 0 aliphatic carbocycles. The van der Waals surface area contributed by atoms with Gasteiger partial charge in [0.05, 0.1) is 6.04 Å². The molecule has 2 N–H and O–H groups in total. The van der Waals surface area contributed by atoms with E-state index in [1.807, 2.05) is 12.1 Å². The first-order valence-corrected chi connectivity index (χ1v) is 9.24. The fraction of sp³-hybridized carbons (Fsp3) is 0.389. The monoisotopic (exact) mass is 364 g/mol. The molecule has 1 aromatic heterocycles. The lowest BCUT2D eigenvalue weighted by Gasteiger charge is -2.24. The van der Waals surface area contributed by atoms with Crippen LogP contribution in [0.4, 0.5) is 0 Å². The lowest BCUT2D eigenvalue weighted by molar-refractivity contribution is 0.302. The van der Waals surface area contributed by atoms with Crippen LogP contribution in [0.5, 0.6) is 0 Å². The summed E-state index contributed by atoms with van der Waals surface area (Å²) < 4.78 is 0. The molecule has 4 nitrogen and oxygen atoms in total. The van der Waals surface area contributed by atoms with E-state index in [1.165, 1.54) is 10.4 Å². The van der Waals surface area contributed by atoms with Crippen molar-refractivity contribution in [1.29, 1.82) is 0 Å². The maximum Gasteiger partial charge on any atom is 0.191 e. The Morgan fingerprint density at radius 2 is 1.96 bits per heavy atom. The van der Waals surface area contributed by atoms with Crippen LogP contribution >= 0.6 is 22.9 Å². The molecule has 0 saturated carbocycles. The van der Waals surface area contributed by atoms with Crippen LogP contribution in [0, 0.1) is 0 Å². The Kier molecular flexibility index (Phi) is 7.56. The smallest absolute Gasteiger partial charge is 0.191 e. The molecule has 2 aromatic rings. The number of aliphatic imine (C=N–C) groups is 1. The first-order chi connectivity index (χ1) is 11.6. The molecule has 0 aliphatic rings. The highest BCUT2D eigenvalue weighted by Crippen LogP contribution is 2.22. The van der Waals surface area contributed by atoms with Crippen LogP contribution in [0.25, 0.3) is 0 Å². The number of likely N-dealkylation sites (N-methyl/N-ethyl adjacent to an activating group) is 1. The maximum absolute atomic E-state index is 5.91. The molecular weight excluding hydrogens is 340 g/mol. The van der Waals surface area contributed by atoms with Gasteiger partial charge in [0.1, 0.15) is 0 Å². The number of benzene rings is 1. The minimum atomic E-state index is 0.333. The Hall–Kier alpha value is -1.56. The third-order valence-corrected chi connectivity index (χ3v) is 5.03. The lowest BCUT2D eigenvalue weighted by atomic mass is 10.1. The van der Waals surface area contributed by atoms with Crippen LogP contribution in [0.15, 0.2) is 46.8 Å². The Bertz CT molecular complexity index is 623. The van der Waals surface area contributed by atoms with Gasteiger partial charge in [0, 0.05) is 30.0 Å². The molecule has 1 unspecified atom stereocenters. The average molecular weight is 365 g/mol. The fourth-order valence-corrected chi connectivity index (χ4v) is 3.46. The van der Waals surface area contributed by atoms with Crippen molar-refractivity contribution in [3.63, 3.8) is 0 Å². The van der Waals surface area contributed by atoms with Crippen molar-refractivity contribution in [3.8, 4) is 0 Å². The minimum Gasteiger partial charge on any atom is -0.356 e. The van der Waals surface area contributed by atoms with Crippen LogP contribution in [0.2, 0.25) is 5.02 Å². The second-order valence-electron chi connectivity index (χ2n) is 5.75. The van der Waals surface area contributed by atoms with E-state index >= 15 is 0 Å². The molecule has 0 bridgehead atoms. The Morgan fingerprint density at radius 3 is 2.54 bits per heavy atom. The largest absolute Gasteiger partial charge is 0.356 e. The standard InChI is InChI=1S/C18H25ClN4S/c1-20-18(21-11-10-14-6-8-15(19)9-7-14)22-13-16(23(2)3)17-5-4-12-24-17/h4-9,12,16H,10-11,13H2,1-3H3,(H2,20,21,22). The molecular formula is C18H25ClN4S. The Morgan fingerprint density at radius 1 is 1.21 bits per heavy atom. The van der Waals surface area contributed by atoms with E-state index < -0.39 is 0 Å². The summed E-state index contributed by atoms with van der Waals surface area (Å²) in [6, 6.07) is 12.6. The van der Waals surface area contributed by atoms with E-state index in [1.54, 1.807) is 18.4 Å². The fourth-order valence-electron chi connectivity index (χ4n) is 2.41. The van der Waals surface area contributed by atoms with Gasteiger partial charge in [0.25, 0.3) is 0 Å². The van der Waals surface area contributed by atoms with Gasteiger partial charge in [0.15, 0.2) is 5.96 Å². The van der Waals surface area contributed by atoms with Crippen molar-refractivity contribution >= 4 is 28.9 Å². The molecule has 1 atom stereocenters. The summed E-state index contributed by atoms with van der Waals surface area (Å²) in [6.45, 7) is 1.64. The van der Waals surface area contributed by atoms with E-state index in [9.17, 15) is 0 Å². The molecule has 1 aromatic carbocycles. The third kappa shape index (κ3) is 5.82. The summed E-state index contributed by atoms with van der Waals surface area (Å²) in [4.78, 5) is 7.88. The molecule has 130 valence electrons. The van der Waals surface area contributed by atoms with E-state index in [0.717, 1.165) is 30.5 Å². The zero-order valence-electron chi connectivity index (χ0n) is 14.4. The molecule has 0 fully saturated rings. The summed E-state index contributed by atoms with van der Waals surface area (Å²) in [5.74, 6) is 0.826. The average Bonchev–Trinajstić information content (AvgIpc) is 3.09. The van der Waals surface area contributed by atoms with E-state index in [-0.39, 0.29) is 0 Å². The van der Waals surface area contributed by atoms with Crippen LogP contribution in [-0.4, -0.2) is 45.1 Å². The number of nitrogens with one attached hydrogen (secondary N) is 2. The van der Waals surface area contributed by atoms with E-state index in [0.29, 0.717) is 6.04 Å². The van der Waals surface area contributed by atoms with Gasteiger partial charge in [-0.1, -0.05) is 29.8 Å². The first-order valence-electron chi connectivity index (χ1n) is 7.99. The number of halogens is 1. The van der Waals surface area contributed by atoms with Gasteiger partial charge in [-0.3, -0.25) is 4.99 Å². The molecule has 2 rings (SSSR count). The summed E-state index contributed by atoms with van der Waals surface area (Å²) in [7, 11) is 6.00. The van der Waals surface area contributed by atoms with E-state index in [4.69, 9.17) is 11.6 Å². The Labute approximate surface area is 153 Å². The number of guanidine groups is 1. The SMILES string of the molecule is CN=C(NCCc1ccc(Cl)cc1)NCC(c1cccs1)N(C)C. The van der Waals surface area contributed by atoms with Crippen LogP contribution in [-0.2, 0) is 6.42 Å². The Balaban J connectivity index is 1.80. The quantitative estimate of drug-likeness (QED) is 0.584. The normalized spacial score (nSPS) is 13.1. The lowest BCUT2D eigenvalue weighted by Crippen LogP contribution is -2.42. The van der Waals surface area contributed by atoms with Crippen LogP contribution in [0.1, 0.15) is 16.5 Å². The van der Waals surface area contributed by atoms with Crippen molar-refractivity contribution in [2.24, 2.45) is 4.99 Å². The molecule has 6 heteroatoms. The van der Waals surface area contributed by atoms with Gasteiger partial charge < -0.3 is 15.5 Å². The van der Waals surface area contributed by atoms with Crippen LogP contribution < -0.4 is 10.6 Å². The third-order valence-electron chi connectivity index (χ3n) is 3.80. The van der Waals surface area contributed by atoms with Crippen LogP contribution in [0.3, 0.4) is 0 Å². The van der Waals surface area contributed by atoms with E-state index in [2.05, 4.69) is 64.3 Å². The number of thiophene rings is 1. The highest BCUT2D eigenvalue weighted by molar-refractivity contribution is 7.10. The van der Waals surface area contributed by atoms with Crippen molar-refractivity contribution in [3.05, 3.63) is 57.2 Å². The molecule has 1 heterocycles. The van der Waals surface area contributed by atoms with Gasteiger partial charge in [-0.2, -0.15) is 0 Å². The topological polar surface area (TPSA) is 39.7 Å². The van der Waals surface area contributed by atoms with Gasteiger partial charge in [0.2, 0.25) is 0 Å². The van der Waals surface area contributed by atoms with Crippen molar-refractivity contribution < 1.29 is 0 Å². The highest BCUT2D eigenvalue weighted by Gasteiger charge is 2.15. The molecule has 0 saturated heterocycles. The summed E-state index contributed by atoms with van der Waals surface area (Å²) in [6.07, 6.45) is 0.930. The van der Waals surface area contributed by atoms with Crippen molar-refractivity contribution in [1.82, 2.24) is 15.5 Å². The molecule has 0 aliphatic heterocycles. The maximum atomic E-state index is 5.91. The van der Waals surface area contributed by atoms with Crippen molar-refractivity contribution in [2.45, 2.75) is 12.5 Å². The van der Waals surface area contributed by atoms with Crippen molar-refractivity contribution in [2.75, 3.05) is 34.2 Å². The predicted octanol–water partition coefficient (Wildman–Crippen LogP) is 3.41. The zero-order valence-corrected chi connectivity index (χ0v) is 16.0. The number of rotatable bonds is 7. The number of hydrogen-bond acceptors (Lipinski definition) is 3. The predicted molar refractivity (Wildman–Crippen MR) is 105 cm³/mol. The molecule has 0 amide bonds. The zero-order chi connectivity index (χ0) is 17.4. The molecule has 0 spiro atoms. The molecule has 0 radical (unpaired) electrons. The number of hydrogen-bond donors (Lipinski definition) is 2. The summed E-state index contributed by atoms with van der Waals surface area (Å²) in [5.41, 5.74) is 1.26. The van der Waals surface area contributed by atoms with Gasteiger partial charge >= 0.3 is 0 Å². The van der Waals surface area contributed by atoms with Gasteiger partial charge in [-0.25, -0.2) is 0 Å². The second kappa shape index (κ2) is 9.67. The first kappa shape index (κ1) is 18.8. The minimum absolute atomic E-state index is 0.333. The second-order valence-corrected chi connectivity index (χ2v) is 7.17.